The third-order valence-corrected chi connectivity index (χ3v) is 7.40. The number of nitrogens with zero attached hydrogens (tertiary/aromatic N) is 2. The minimum absolute atomic E-state index is 0.0761. The van der Waals surface area contributed by atoms with Crippen molar-refractivity contribution in [1.29, 1.82) is 0 Å². The zero-order valence-electron chi connectivity index (χ0n) is 19.5. The Kier molecular flexibility index (Phi) is 6.51. The van der Waals surface area contributed by atoms with E-state index in [-0.39, 0.29) is 27.9 Å². The van der Waals surface area contributed by atoms with Gasteiger partial charge >= 0.3 is 0 Å². The smallest absolute Gasteiger partial charge is 0.129 e. The first-order valence-corrected chi connectivity index (χ1v) is 12.5. The predicted molar refractivity (Wildman–Crippen MR) is 130 cm³/mol. The molecule has 3 unspecified atom stereocenters. The van der Waals surface area contributed by atoms with Crippen molar-refractivity contribution < 1.29 is 5.11 Å². The lowest BCUT2D eigenvalue weighted by atomic mass is 9.95. The summed E-state index contributed by atoms with van der Waals surface area (Å²) in [6, 6.07) is 8.71. The van der Waals surface area contributed by atoms with Crippen LogP contribution >= 0.6 is 10.7 Å². The molecule has 3 atom stereocenters. The summed E-state index contributed by atoms with van der Waals surface area (Å²) in [6.07, 6.45) is 2.50. The molecule has 2 heterocycles. The van der Waals surface area contributed by atoms with E-state index in [1.54, 1.807) is 0 Å². The summed E-state index contributed by atoms with van der Waals surface area (Å²) in [5, 5.41) is 18.5. The third kappa shape index (κ3) is 4.51. The van der Waals surface area contributed by atoms with E-state index in [4.69, 9.17) is 5.10 Å². The third-order valence-electron chi connectivity index (χ3n) is 5.76. The standard InChI is InChI=1S/C22H32N4OS.C2H6/c1-21(2,3)26-20(13-18(24-26)14-7-9-16(27)11-14)23-15-8-10-19-17(12-15)22(4,5)25-28(19)6;1-2/h8,10,12-14,16,23,25,27H,6-7,9,11H2,1-5H3;1-2H3. The quantitative estimate of drug-likeness (QED) is 0.535. The number of nitrogens with one attached hydrogen (secondary N) is 2. The van der Waals surface area contributed by atoms with Crippen molar-refractivity contribution in [3.63, 3.8) is 0 Å². The van der Waals surface area contributed by atoms with Gasteiger partial charge in [0.25, 0.3) is 0 Å². The van der Waals surface area contributed by atoms with Gasteiger partial charge in [0, 0.05) is 28.1 Å². The minimum Gasteiger partial charge on any atom is -0.393 e. The molecule has 3 N–H and O–H groups in total. The van der Waals surface area contributed by atoms with Crippen LogP contribution in [0.4, 0.5) is 11.5 Å². The lowest BCUT2D eigenvalue weighted by Crippen LogP contribution is -2.27. The van der Waals surface area contributed by atoms with Crippen molar-refractivity contribution in [2.45, 2.75) is 95.7 Å². The Balaban J connectivity index is 0.00000124. The molecular formula is C24H38N4OS. The van der Waals surface area contributed by atoms with Crippen LogP contribution in [-0.2, 0) is 11.1 Å². The number of aliphatic hydroxyl groups is 1. The molecule has 2 aliphatic rings. The highest BCUT2D eigenvalue weighted by molar-refractivity contribution is 8.12. The van der Waals surface area contributed by atoms with Crippen molar-refractivity contribution in [3.8, 4) is 0 Å². The minimum atomic E-state index is -0.191. The average Bonchev–Trinajstić information content (AvgIpc) is 3.34. The van der Waals surface area contributed by atoms with Crippen LogP contribution in [0.2, 0.25) is 0 Å². The lowest BCUT2D eigenvalue weighted by molar-refractivity contribution is 0.181. The molecule has 1 fully saturated rings. The molecule has 1 saturated carbocycles. The summed E-state index contributed by atoms with van der Waals surface area (Å²) in [5.41, 5.74) is 3.24. The number of aliphatic hydroxyl groups excluding tert-OH is 1. The van der Waals surface area contributed by atoms with E-state index in [0.29, 0.717) is 5.92 Å². The van der Waals surface area contributed by atoms with Gasteiger partial charge in [-0.15, -0.1) is 0 Å². The maximum Gasteiger partial charge on any atom is 0.129 e. The van der Waals surface area contributed by atoms with Crippen LogP contribution in [0.1, 0.15) is 84.9 Å². The number of benzene rings is 1. The van der Waals surface area contributed by atoms with Crippen molar-refractivity contribution in [2.75, 3.05) is 5.32 Å². The summed E-state index contributed by atoms with van der Waals surface area (Å²) < 4.78 is 5.66. The molecule has 0 bridgehead atoms. The monoisotopic (exact) mass is 430 g/mol. The van der Waals surface area contributed by atoms with E-state index in [2.05, 4.69) is 79.5 Å². The highest BCUT2D eigenvalue weighted by atomic mass is 32.2. The summed E-state index contributed by atoms with van der Waals surface area (Å²) in [4.78, 5) is 1.29. The molecule has 30 heavy (non-hydrogen) atoms. The summed E-state index contributed by atoms with van der Waals surface area (Å²) in [6.45, 7) is 14.9. The second-order valence-electron chi connectivity index (χ2n) is 9.65. The largest absolute Gasteiger partial charge is 0.393 e. The van der Waals surface area contributed by atoms with Crippen molar-refractivity contribution in [3.05, 3.63) is 35.5 Å². The van der Waals surface area contributed by atoms with Gasteiger partial charge in [-0.1, -0.05) is 30.4 Å². The Hall–Kier alpha value is -1.63. The molecule has 0 radical (unpaired) electrons. The maximum absolute atomic E-state index is 9.93. The van der Waals surface area contributed by atoms with Gasteiger partial charge in [-0.05, 0) is 77.6 Å². The Bertz CT molecular complexity index is 926. The van der Waals surface area contributed by atoms with Gasteiger partial charge in [0.15, 0.2) is 0 Å². The topological polar surface area (TPSA) is 62.1 Å². The molecule has 4 rings (SSSR count). The van der Waals surface area contributed by atoms with Gasteiger partial charge in [0.2, 0.25) is 0 Å². The molecule has 0 saturated heterocycles. The maximum atomic E-state index is 9.93. The SMILES string of the molecule is C=S1NC(C)(C)c2cc(Nc3cc(C4CCC(O)C4)nn3C(C)(C)C)ccc21.CC. The van der Waals surface area contributed by atoms with Crippen LogP contribution in [0.15, 0.2) is 29.2 Å². The number of fused-ring (bicyclic) bond motifs is 1. The van der Waals surface area contributed by atoms with Gasteiger partial charge in [-0.3, -0.25) is 4.72 Å². The van der Waals surface area contributed by atoms with Gasteiger partial charge in [-0.2, -0.15) is 5.10 Å². The zero-order chi connectivity index (χ0) is 22.3. The highest BCUT2D eigenvalue weighted by Crippen LogP contribution is 2.44. The Morgan fingerprint density at radius 2 is 1.93 bits per heavy atom. The molecule has 166 valence electrons. The molecule has 1 aliphatic heterocycles. The van der Waals surface area contributed by atoms with Crippen LogP contribution in [0.5, 0.6) is 0 Å². The van der Waals surface area contributed by atoms with E-state index in [1.165, 1.54) is 10.5 Å². The van der Waals surface area contributed by atoms with E-state index in [1.807, 2.05) is 13.8 Å². The molecule has 5 nitrogen and oxygen atoms in total. The first kappa shape index (κ1) is 23.0. The first-order valence-electron chi connectivity index (χ1n) is 11.1. The number of hydrogen-bond donors (Lipinski definition) is 3. The van der Waals surface area contributed by atoms with Crippen LogP contribution < -0.4 is 10.0 Å². The molecule has 1 aliphatic carbocycles. The Labute approximate surface area is 184 Å². The predicted octanol–water partition coefficient (Wildman–Crippen LogP) is 5.85. The molecule has 1 aromatic heterocycles. The fourth-order valence-corrected chi connectivity index (χ4v) is 5.95. The molecular weight excluding hydrogens is 392 g/mol. The van der Waals surface area contributed by atoms with Crippen molar-refractivity contribution in [2.24, 2.45) is 0 Å². The lowest BCUT2D eigenvalue weighted by Gasteiger charge is -2.23. The van der Waals surface area contributed by atoms with Crippen LogP contribution in [-0.4, -0.2) is 26.9 Å². The fraction of sp³-hybridized carbons (Fsp3) is 0.583. The number of rotatable bonds is 3. The number of hydrogen-bond acceptors (Lipinski definition) is 4. The van der Waals surface area contributed by atoms with Crippen LogP contribution in [0.25, 0.3) is 0 Å². The zero-order valence-corrected chi connectivity index (χ0v) is 20.4. The molecule has 1 aromatic carbocycles. The van der Waals surface area contributed by atoms with Gasteiger partial charge in [0.1, 0.15) is 5.82 Å². The molecule has 0 amide bonds. The van der Waals surface area contributed by atoms with E-state index >= 15 is 0 Å². The van der Waals surface area contributed by atoms with Gasteiger partial charge in [-0.25, -0.2) is 4.68 Å². The molecule has 2 aromatic rings. The molecule has 6 heteroatoms. The Morgan fingerprint density at radius 1 is 1.23 bits per heavy atom. The van der Waals surface area contributed by atoms with E-state index in [0.717, 1.165) is 36.5 Å². The van der Waals surface area contributed by atoms with Crippen LogP contribution in [0, 0.1) is 0 Å². The van der Waals surface area contributed by atoms with E-state index < -0.39 is 0 Å². The van der Waals surface area contributed by atoms with Gasteiger partial charge in [0.05, 0.1) is 17.3 Å². The van der Waals surface area contributed by atoms with Crippen LogP contribution in [0.3, 0.4) is 0 Å². The second kappa shape index (κ2) is 8.48. The summed E-state index contributed by atoms with van der Waals surface area (Å²) >= 11 is 0. The second-order valence-corrected chi connectivity index (χ2v) is 11.1. The average molecular weight is 431 g/mol. The fourth-order valence-electron chi connectivity index (χ4n) is 4.30. The summed E-state index contributed by atoms with van der Waals surface area (Å²) in [5.74, 6) is 5.59. The number of anilines is 2. The van der Waals surface area contributed by atoms with E-state index in [9.17, 15) is 5.11 Å². The first-order chi connectivity index (χ1) is 14.0. The summed E-state index contributed by atoms with van der Waals surface area (Å²) in [7, 11) is -0.161. The highest BCUT2D eigenvalue weighted by Gasteiger charge is 2.32. The van der Waals surface area contributed by atoms with Crippen molar-refractivity contribution in [1.82, 2.24) is 14.5 Å². The Morgan fingerprint density at radius 3 is 2.53 bits per heavy atom. The van der Waals surface area contributed by atoms with Crippen molar-refractivity contribution >= 4 is 28.0 Å². The molecule has 0 spiro atoms. The normalized spacial score (nSPS) is 24.9. The van der Waals surface area contributed by atoms with Gasteiger partial charge < -0.3 is 10.4 Å². The number of aromatic nitrogens is 2.